The van der Waals surface area contributed by atoms with E-state index >= 15 is 0 Å². The summed E-state index contributed by atoms with van der Waals surface area (Å²) in [5.41, 5.74) is -0.108. The van der Waals surface area contributed by atoms with Gasteiger partial charge in [-0.05, 0) is 18.2 Å². The molecule has 66 valence electrons. The van der Waals surface area contributed by atoms with E-state index in [1.807, 2.05) is 0 Å². The summed E-state index contributed by atoms with van der Waals surface area (Å²) in [5, 5.41) is 8.12. The Morgan fingerprint density at radius 3 is 2.77 bits per heavy atom. The summed E-state index contributed by atoms with van der Waals surface area (Å²) in [6.07, 6.45) is 0.944. The fourth-order valence-corrected chi connectivity index (χ4v) is 1.01. The van der Waals surface area contributed by atoms with Crippen molar-refractivity contribution >= 4 is 16.6 Å². The Morgan fingerprint density at radius 2 is 2.15 bits per heavy atom. The van der Waals surface area contributed by atoms with Crippen LogP contribution in [0, 0.1) is 23.0 Å². The minimum absolute atomic E-state index is 0.108. The summed E-state index contributed by atoms with van der Waals surface area (Å²) < 4.78 is 25.6. The Morgan fingerprint density at radius 1 is 1.46 bits per heavy atom. The van der Waals surface area contributed by atoms with Crippen molar-refractivity contribution in [2.24, 2.45) is 0 Å². The Balaban J connectivity index is 3.22. The van der Waals surface area contributed by atoms with Crippen LogP contribution in [0.5, 0.6) is 0 Å². The lowest BCUT2D eigenvalue weighted by Gasteiger charge is -1.99. The number of rotatable bonds is 1. The predicted molar refractivity (Wildman–Crippen MR) is 45.8 cm³/mol. The summed E-state index contributed by atoms with van der Waals surface area (Å²) in [5.74, 6) is -1.25. The second kappa shape index (κ2) is 4.01. The highest BCUT2D eigenvalue weighted by molar-refractivity contribution is 6.49. The maximum absolute atomic E-state index is 12.9. The van der Waals surface area contributed by atoms with E-state index in [4.69, 9.17) is 16.9 Å². The fraction of sp³-hybridized carbons (Fsp3) is 0. The van der Waals surface area contributed by atoms with Crippen LogP contribution in [0.25, 0.3) is 5.03 Å². The number of allylic oxidation sites excluding steroid dienone is 1. The van der Waals surface area contributed by atoms with Gasteiger partial charge in [0.2, 0.25) is 0 Å². The molecule has 4 heteroatoms. The van der Waals surface area contributed by atoms with Gasteiger partial charge in [0.15, 0.2) is 0 Å². The normalized spacial score (nSPS) is 11.1. The zero-order chi connectivity index (χ0) is 9.84. The molecule has 13 heavy (non-hydrogen) atoms. The van der Waals surface area contributed by atoms with Crippen molar-refractivity contribution in [3.63, 3.8) is 0 Å². The van der Waals surface area contributed by atoms with Gasteiger partial charge in [-0.25, -0.2) is 8.78 Å². The molecule has 0 bridgehead atoms. The van der Waals surface area contributed by atoms with Gasteiger partial charge in [-0.1, -0.05) is 11.6 Å². The van der Waals surface area contributed by atoms with Crippen molar-refractivity contribution in [3.05, 3.63) is 41.5 Å². The highest BCUT2D eigenvalue weighted by atomic mass is 35.5. The molecule has 0 aromatic heterocycles. The monoisotopic (exact) mass is 199 g/mol. The van der Waals surface area contributed by atoms with Gasteiger partial charge in [-0.15, -0.1) is 0 Å². The van der Waals surface area contributed by atoms with Crippen molar-refractivity contribution in [3.8, 4) is 6.07 Å². The van der Waals surface area contributed by atoms with E-state index < -0.39 is 11.6 Å². The topological polar surface area (TPSA) is 23.8 Å². The summed E-state index contributed by atoms with van der Waals surface area (Å²) in [7, 11) is 0. The van der Waals surface area contributed by atoms with Gasteiger partial charge in [0.05, 0.1) is 11.1 Å². The Labute approximate surface area is 78.9 Å². The van der Waals surface area contributed by atoms with Gasteiger partial charge in [0, 0.05) is 11.6 Å². The smallest absolute Gasteiger partial charge is 0.132 e. The molecule has 0 saturated heterocycles. The van der Waals surface area contributed by atoms with Crippen LogP contribution in [0.1, 0.15) is 5.56 Å². The van der Waals surface area contributed by atoms with Gasteiger partial charge < -0.3 is 0 Å². The molecule has 0 N–H and O–H groups in total. The van der Waals surface area contributed by atoms with Gasteiger partial charge >= 0.3 is 0 Å². The van der Waals surface area contributed by atoms with E-state index in [2.05, 4.69) is 0 Å². The van der Waals surface area contributed by atoms with E-state index in [0.29, 0.717) is 0 Å². The summed E-state index contributed by atoms with van der Waals surface area (Å²) in [4.78, 5) is 0. The molecule has 0 aliphatic heterocycles. The Bertz CT molecular complexity index is 393. The first kappa shape index (κ1) is 9.69. The standard InChI is InChI=1S/C9H4ClF2N/c10-8(3-4-13)7-5-6(11)1-2-9(7)12/h1-3,5H/b8-3-. The molecular weight excluding hydrogens is 196 g/mol. The third-order valence-electron chi connectivity index (χ3n) is 1.38. The van der Waals surface area contributed by atoms with Crippen LogP contribution in [0.3, 0.4) is 0 Å². The quantitative estimate of drug-likeness (QED) is 0.638. The summed E-state index contributed by atoms with van der Waals surface area (Å²) in [6.45, 7) is 0. The molecule has 0 spiro atoms. The molecule has 0 aliphatic rings. The molecule has 0 heterocycles. The highest BCUT2D eigenvalue weighted by Gasteiger charge is 2.06. The molecule has 0 aliphatic carbocycles. The van der Waals surface area contributed by atoms with Crippen LogP contribution in [-0.2, 0) is 0 Å². The second-order valence-electron chi connectivity index (χ2n) is 2.25. The van der Waals surface area contributed by atoms with Crippen LogP contribution in [-0.4, -0.2) is 0 Å². The molecular formula is C9H4ClF2N. The van der Waals surface area contributed by atoms with E-state index in [0.717, 1.165) is 24.3 Å². The maximum Gasteiger partial charge on any atom is 0.132 e. The highest BCUT2D eigenvalue weighted by Crippen LogP contribution is 2.22. The van der Waals surface area contributed by atoms with Crippen molar-refractivity contribution in [2.75, 3.05) is 0 Å². The van der Waals surface area contributed by atoms with E-state index in [1.165, 1.54) is 0 Å². The second-order valence-corrected chi connectivity index (χ2v) is 2.65. The molecule has 1 aromatic rings. The zero-order valence-electron chi connectivity index (χ0n) is 6.39. The first-order chi connectivity index (χ1) is 6.15. The lowest BCUT2D eigenvalue weighted by atomic mass is 10.2. The number of nitrogens with zero attached hydrogens (tertiary/aromatic N) is 1. The molecule has 1 nitrogen and oxygen atoms in total. The largest absolute Gasteiger partial charge is 0.207 e. The van der Waals surface area contributed by atoms with Crippen molar-refractivity contribution in [1.29, 1.82) is 5.26 Å². The van der Waals surface area contributed by atoms with Crippen LogP contribution in [0.2, 0.25) is 0 Å². The van der Waals surface area contributed by atoms with Gasteiger partial charge in [-0.2, -0.15) is 5.26 Å². The van der Waals surface area contributed by atoms with E-state index in [9.17, 15) is 8.78 Å². The average Bonchev–Trinajstić information content (AvgIpc) is 2.09. The van der Waals surface area contributed by atoms with Crippen LogP contribution in [0.4, 0.5) is 8.78 Å². The van der Waals surface area contributed by atoms with Crippen molar-refractivity contribution in [1.82, 2.24) is 0 Å². The fourth-order valence-electron chi connectivity index (χ4n) is 0.815. The molecule has 1 aromatic carbocycles. The van der Waals surface area contributed by atoms with Gasteiger partial charge in [-0.3, -0.25) is 0 Å². The van der Waals surface area contributed by atoms with Crippen LogP contribution < -0.4 is 0 Å². The number of halogens is 3. The average molecular weight is 200 g/mol. The molecule has 0 fully saturated rings. The Kier molecular flexibility index (Phi) is 2.99. The third-order valence-corrected chi connectivity index (χ3v) is 1.69. The number of hydrogen-bond donors (Lipinski definition) is 0. The SMILES string of the molecule is N#C/C=C(\Cl)c1cc(F)ccc1F. The molecule has 0 atom stereocenters. The minimum atomic E-state index is -0.655. The molecule has 0 saturated carbocycles. The molecule has 0 unspecified atom stereocenters. The van der Waals surface area contributed by atoms with Crippen LogP contribution >= 0.6 is 11.6 Å². The van der Waals surface area contributed by atoms with E-state index in [-0.39, 0.29) is 10.6 Å². The maximum atomic E-state index is 12.9. The minimum Gasteiger partial charge on any atom is -0.207 e. The first-order valence-corrected chi connectivity index (χ1v) is 3.73. The molecule has 1 rings (SSSR count). The lowest BCUT2D eigenvalue weighted by molar-refractivity contribution is 0.597. The Hall–Kier alpha value is -1.40. The number of hydrogen-bond acceptors (Lipinski definition) is 1. The predicted octanol–water partition coefficient (Wildman–Crippen LogP) is 3.07. The van der Waals surface area contributed by atoms with Gasteiger partial charge in [0.1, 0.15) is 11.6 Å². The number of benzene rings is 1. The molecule has 0 amide bonds. The first-order valence-electron chi connectivity index (χ1n) is 3.36. The summed E-state index contributed by atoms with van der Waals surface area (Å²) >= 11 is 5.52. The lowest BCUT2D eigenvalue weighted by Crippen LogP contribution is -1.86. The van der Waals surface area contributed by atoms with Gasteiger partial charge in [0.25, 0.3) is 0 Å². The third kappa shape index (κ3) is 2.27. The van der Waals surface area contributed by atoms with Crippen molar-refractivity contribution in [2.45, 2.75) is 0 Å². The molecule has 0 radical (unpaired) electrons. The van der Waals surface area contributed by atoms with Crippen molar-refractivity contribution < 1.29 is 8.78 Å². The zero-order valence-corrected chi connectivity index (χ0v) is 7.15. The summed E-state index contributed by atoms with van der Waals surface area (Å²) in [6, 6.07) is 4.50. The number of nitriles is 1. The van der Waals surface area contributed by atoms with E-state index in [1.54, 1.807) is 6.07 Å². The van der Waals surface area contributed by atoms with Crippen LogP contribution in [0.15, 0.2) is 24.3 Å².